The zero-order chi connectivity index (χ0) is 10.9. The van der Waals surface area contributed by atoms with Crippen molar-refractivity contribution in [2.24, 2.45) is 5.92 Å². The molecule has 4 nitrogen and oxygen atoms in total. The molecule has 1 unspecified atom stereocenters. The Morgan fingerprint density at radius 3 is 2.50 bits per heavy atom. The van der Waals surface area contributed by atoms with Crippen LogP contribution in [0.3, 0.4) is 0 Å². The van der Waals surface area contributed by atoms with E-state index in [2.05, 4.69) is 0 Å². The second-order valence-corrected chi connectivity index (χ2v) is 3.69. The van der Waals surface area contributed by atoms with Crippen LogP contribution in [-0.4, -0.2) is 30.1 Å². The van der Waals surface area contributed by atoms with Crippen LogP contribution in [0.2, 0.25) is 0 Å². The molecule has 0 saturated heterocycles. The number of hydrogen-bond acceptors (Lipinski definition) is 3. The Morgan fingerprint density at radius 2 is 2.14 bits per heavy atom. The van der Waals surface area contributed by atoms with Crippen LogP contribution in [0.4, 0.5) is 0 Å². The Morgan fingerprint density at radius 1 is 1.57 bits per heavy atom. The summed E-state index contributed by atoms with van der Waals surface area (Å²) in [6.07, 6.45) is 1.17. The molecule has 1 aliphatic rings. The van der Waals surface area contributed by atoms with Crippen molar-refractivity contribution in [3.05, 3.63) is 11.6 Å². The Balaban J connectivity index is 2.81. The first kappa shape index (κ1) is 10.8. The topological polar surface area (TPSA) is 46.6 Å². The highest BCUT2D eigenvalue weighted by atomic mass is 16.6. The van der Waals surface area contributed by atoms with E-state index in [1.54, 1.807) is 13.1 Å². The summed E-state index contributed by atoms with van der Waals surface area (Å²) in [6, 6.07) is 0. The lowest BCUT2D eigenvalue weighted by Gasteiger charge is -2.18. The number of likely N-dealkylation sites (N-methyl/N-ethyl adjacent to an activating group) is 1. The molecule has 1 rings (SSSR count). The monoisotopic (exact) mass is 197 g/mol. The molecule has 1 amide bonds. The first-order valence-corrected chi connectivity index (χ1v) is 4.59. The number of amides is 1. The largest absolute Gasteiger partial charge is 0.438 e. The molecule has 0 aromatic heterocycles. The van der Waals surface area contributed by atoms with Gasteiger partial charge in [-0.05, 0) is 12.0 Å². The van der Waals surface area contributed by atoms with Crippen LogP contribution < -0.4 is 0 Å². The summed E-state index contributed by atoms with van der Waals surface area (Å²) in [6.45, 7) is 5.21. The van der Waals surface area contributed by atoms with Gasteiger partial charge in [-0.15, -0.1) is 0 Å². The van der Waals surface area contributed by atoms with Crippen molar-refractivity contribution >= 4 is 11.9 Å². The molecule has 0 fully saturated rings. The van der Waals surface area contributed by atoms with Crippen LogP contribution in [0.5, 0.6) is 0 Å². The number of ether oxygens (including phenoxy) is 1. The molecule has 78 valence electrons. The first-order chi connectivity index (χ1) is 6.43. The van der Waals surface area contributed by atoms with Crippen molar-refractivity contribution in [3.8, 4) is 0 Å². The van der Waals surface area contributed by atoms with Gasteiger partial charge >= 0.3 is 5.97 Å². The minimum absolute atomic E-state index is 0.0637. The summed E-state index contributed by atoms with van der Waals surface area (Å²) in [5.41, 5.74) is 0.707. The molecule has 0 radical (unpaired) electrons. The van der Waals surface area contributed by atoms with Gasteiger partial charge in [0.25, 0.3) is 5.91 Å². The fourth-order valence-electron chi connectivity index (χ4n) is 1.38. The molecule has 4 heteroatoms. The van der Waals surface area contributed by atoms with Crippen LogP contribution in [0.25, 0.3) is 0 Å². The summed E-state index contributed by atoms with van der Waals surface area (Å²) in [5.74, 6) is -0.285. The summed E-state index contributed by atoms with van der Waals surface area (Å²) in [4.78, 5) is 23.8. The molecular weight excluding hydrogens is 182 g/mol. The Kier molecular flexibility index (Phi) is 2.93. The number of hydrogen-bond donors (Lipinski definition) is 0. The second-order valence-electron chi connectivity index (χ2n) is 3.69. The number of carbonyl (C=O) groups excluding carboxylic acids is 2. The molecule has 14 heavy (non-hydrogen) atoms. The lowest BCUT2D eigenvalue weighted by atomic mass is 10.0. The van der Waals surface area contributed by atoms with Gasteiger partial charge < -0.3 is 9.64 Å². The van der Waals surface area contributed by atoms with E-state index in [9.17, 15) is 9.59 Å². The highest BCUT2D eigenvalue weighted by Gasteiger charge is 2.32. The van der Waals surface area contributed by atoms with E-state index in [-0.39, 0.29) is 17.8 Å². The number of carbonyl (C=O) groups is 2. The van der Waals surface area contributed by atoms with Crippen LogP contribution in [0.1, 0.15) is 20.8 Å². The number of esters is 1. The quantitative estimate of drug-likeness (QED) is 0.619. The zero-order valence-corrected chi connectivity index (χ0v) is 8.90. The van der Waals surface area contributed by atoms with Gasteiger partial charge in [-0.25, -0.2) is 0 Å². The molecule has 0 saturated carbocycles. The Hall–Kier alpha value is -1.32. The highest BCUT2D eigenvalue weighted by molar-refractivity contribution is 5.96. The summed E-state index contributed by atoms with van der Waals surface area (Å²) in [5, 5.41) is 0. The van der Waals surface area contributed by atoms with Crippen molar-refractivity contribution in [1.82, 2.24) is 4.90 Å². The predicted octanol–water partition coefficient (Wildman–Crippen LogP) is 0.930. The zero-order valence-electron chi connectivity index (χ0n) is 8.90. The van der Waals surface area contributed by atoms with Gasteiger partial charge in [0, 0.05) is 19.5 Å². The van der Waals surface area contributed by atoms with Gasteiger partial charge in [0.1, 0.15) is 0 Å². The average molecular weight is 197 g/mol. The van der Waals surface area contributed by atoms with Crippen molar-refractivity contribution < 1.29 is 14.3 Å². The molecular formula is C10H15NO3. The highest BCUT2D eigenvalue weighted by Crippen LogP contribution is 2.23. The lowest BCUT2D eigenvalue weighted by molar-refractivity contribution is -0.153. The number of rotatable bonds is 2. The van der Waals surface area contributed by atoms with Crippen LogP contribution in [0, 0.1) is 5.92 Å². The molecule has 0 aromatic carbocycles. The van der Waals surface area contributed by atoms with Gasteiger partial charge in [-0.2, -0.15) is 0 Å². The van der Waals surface area contributed by atoms with Crippen molar-refractivity contribution in [2.45, 2.75) is 27.0 Å². The van der Waals surface area contributed by atoms with E-state index in [0.29, 0.717) is 5.57 Å². The van der Waals surface area contributed by atoms with Gasteiger partial charge in [-0.3, -0.25) is 9.59 Å². The third kappa shape index (κ3) is 1.95. The summed E-state index contributed by atoms with van der Waals surface area (Å²) >= 11 is 0. The molecule has 1 aliphatic heterocycles. The van der Waals surface area contributed by atoms with Gasteiger partial charge in [0.15, 0.2) is 6.23 Å². The Bertz CT molecular complexity index is 294. The van der Waals surface area contributed by atoms with Crippen molar-refractivity contribution in [1.29, 1.82) is 0 Å². The van der Waals surface area contributed by atoms with Crippen molar-refractivity contribution in [2.75, 3.05) is 7.05 Å². The molecule has 0 N–H and O–H groups in total. The standard InChI is InChI=1S/C10H15NO3/c1-6(2)8-5-9(14-7(3)12)11(4)10(8)13/h5-6,9H,1-4H3. The van der Waals surface area contributed by atoms with E-state index in [4.69, 9.17) is 4.74 Å². The molecule has 0 bridgehead atoms. The Labute approximate surface area is 83.5 Å². The van der Waals surface area contributed by atoms with Gasteiger partial charge in [0.2, 0.25) is 0 Å². The first-order valence-electron chi connectivity index (χ1n) is 4.59. The van der Waals surface area contributed by atoms with E-state index in [1.165, 1.54) is 11.8 Å². The maximum atomic E-state index is 11.6. The maximum Gasteiger partial charge on any atom is 0.304 e. The molecule has 0 aliphatic carbocycles. The molecule has 0 spiro atoms. The normalized spacial score (nSPS) is 21.5. The fourth-order valence-corrected chi connectivity index (χ4v) is 1.38. The van der Waals surface area contributed by atoms with E-state index in [0.717, 1.165) is 0 Å². The summed E-state index contributed by atoms with van der Waals surface area (Å²) < 4.78 is 4.96. The van der Waals surface area contributed by atoms with Crippen LogP contribution >= 0.6 is 0 Å². The van der Waals surface area contributed by atoms with E-state index >= 15 is 0 Å². The fraction of sp³-hybridized carbons (Fsp3) is 0.600. The van der Waals surface area contributed by atoms with Crippen molar-refractivity contribution in [3.63, 3.8) is 0 Å². The maximum absolute atomic E-state index is 11.6. The van der Waals surface area contributed by atoms with Crippen LogP contribution in [-0.2, 0) is 14.3 Å². The van der Waals surface area contributed by atoms with Crippen LogP contribution in [0.15, 0.2) is 11.6 Å². The minimum Gasteiger partial charge on any atom is -0.438 e. The molecule has 0 aromatic rings. The van der Waals surface area contributed by atoms with E-state index < -0.39 is 6.23 Å². The van der Waals surface area contributed by atoms with Gasteiger partial charge in [-0.1, -0.05) is 13.8 Å². The molecule has 1 heterocycles. The SMILES string of the molecule is CC(=O)OC1C=C(C(C)C)C(=O)N1C. The van der Waals surface area contributed by atoms with E-state index in [1.807, 2.05) is 13.8 Å². The smallest absolute Gasteiger partial charge is 0.304 e. The average Bonchev–Trinajstić information content (AvgIpc) is 2.32. The van der Waals surface area contributed by atoms with Gasteiger partial charge in [0.05, 0.1) is 0 Å². The summed E-state index contributed by atoms with van der Waals surface area (Å²) in [7, 11) is 1.63. The predicted molar refractivity (Wildman–Crippen MR) is 51.2 cm³/mol. The third-order valence-corrected chi connectivity index (χ3v) is 2.18. The second kappa shape index (κ2) is 3.82. The minimum atomic E-state index is -0.530. The number of nitrogens with zero attached hydrogens (tertiary/aromatic N) is 1. The third-order valence-electron chi connectivity index (χ3n) is 2.18. The lowest BCUT2D eigenvalue weighted by Crippen LogP contribution is -2.33. The molecule has 1 atom stereocenters.